The summed E-state index contributed by atoms with van der Waals surface area (Å²) in [4.78, 5) is 25.2. The second kappa shape index (κ2) is 37.8. The molecule has 0 radical (unpaired) electrons. The molecular weight excluding hydrogens is 700 g/mol. The van der Waals surface area contributed by atoms with Gasteiger partial charge in [-0.3, -0.25) is 9.36 Å². The van der Waals surface area contributed by atoms with Crippen molar-refractivity contribution >= 4 is 25.5 Å². The molecule has 7 nitrogen and oxygen atoms in total. The van der Waals surface area contributed by atoms with Gasteiger partial charge >= 0.3 is 0 Å². The standard InChI is InChI=1S/C44H83N2O5PS/c1-6-8-10-12-14-16-18-20-22-23-24-25-27-29-31-33-35-37-44(47)45-43(41-51-52(48,49)50-39-38-46(3,4)5)42-53-40-36-34-32-30-28-26-21-19-17-15-13-11-9-7-2/h14,16,20,22,24-25,29,31,43H,6-13,15,17-19,21,23,26-28,30,32-42H2,1-5H3,(H-,45,47,48,49)/b16-14-,22-20-,25-24-,31-29-/t43-/m0/s1. The van der Waals surface area contributed by atoms with E-state index in [1.807, 2.05) is 21.1 Å². The van der Waals surface area contributed by atoms with E-state index < -0.39 is 7.82 Å². The van der Waals surface area contributed by atoms with Crippen LogP contribution in [0.4, 0.5) is 0 Å². The molecule has 0 aliphatic carbocycles. The fourth-order valence-corrected chi connectivity index (χ4v) is 7.42. The fraction of sp³-hybridized carbons (Fsp3) is 0.795. The minimum absolute atomic E-state index is 0.0622. The van der Waals surface area contributed by atoms with Crippen LogP contribution >= 0.6 is 19.6 Å². The molecule has 0 saturated carbocycles. The lowest BCUT2D eigenvalue weighted by molar-refractivity contribution is -0.870. The summed E-state index contributed by atoms with van der Waals surface area (Å²) in [7, 11) is 1.48. The number of phosphoric acid groups is 1. The second-order valence-corrected chi connectivity index (χ2v) is 18.1. The fourth-order valence-electron chi connectivity index (χ4n) is 5.64. The lowest BCUT2D eigenvalue weighted by Gasteiger charge is -2.28. The van der Waals surface area contributed by atoms with Crippen LogP contribution in [0.5, 0.6) is 0 Å². The first-order valence-corrected chi connectivity index (χ1v) is 24.1. The first-order valence-electron chi connectivity index (χ1n) is 21.5. The van der Waals surface area contributed by atoms with Gasteiger partial charge in [-0.2, -0.15) is 11.8 Å². The average molecular weight is 783 g/mol. The van der Waals surface area contributed by atoms with Crippen molar-refractivity contribution in [2.45, 2.75) is 174 Å². The van der Waals surface area contributed by atoms with Crippen LogP contribution in [0.1, 0.15) is 168 Å². The first kappa shape index (κ1) is 51.9. The summed E-state index contributed by atoms with van der Waals surface area (Å²) in [5, 5.41) is 3.03. The average Bonchev–Trinajstić information content (AvgIpc) is 3.11. The Balaban J connectivity index is 4.36. The van der Waals surface area contributed by atoms with E-state index in [9.17, 15) is 14.3 Å². The predicted molar refractivity (Wildman–Crippen MR) is 230 cm³/mol. The van der Waals surface area contributed by atoms with Crippen LogP contribution in [0.3, 0.4) is 0 Å². The van der Waals surface area contributed by atoms with Gasteiger partial charge in [0, 0.05) is 12.2 Å². The quantitative estimate of drug-likeness (QED) is 0.0289. The van der Waals surface area contributed by atoms with E-state index in [1.54, 1.807) is 11.8 Å². The summed E-state index contributed by atoms with van der Waals surface area (Å²) < 4.78 is 23.3. The summed E-state index contributed by atoms with van der Waals surface area (Å²) >= 11 is 1.76. The number of nitrogens with zero attached hydrogens (tertiary/aromatic N) is 1. The minimum Gasteiger partial charge on any atom is -0.756 e. The highest BCUT2D eigenvalue weighted by Crippen LogP contribution is 2.38. The number of hydrogen-bond donors (Lipinski definition) is 1. The third-order valence-electron chi connectivity index (χ3n) is 9.00. The normalized spacial score (nSPS) is 14.3. The Morgan fingerprint density at radius 1 is 0.660 bits per heavy atom. The molecule has 1 amide bonds. The summed E-state index contributed by atoms with van der Waals surface area (Å²) in [5.74, 6) is 1.53. The van der Waals surface area contributed by atoms with Gasteiger partial charge in [0.15, 0.2) is 0 Å². The van der Waals surface area contributed by atoms with Gasteiger partial charge in [-0.1, -0.05) is 159 Å². The molecule has 0 fully saturated rings. The lowest BCUT2D eigenvalue weighted by atomic mass is 10.0. The molecule has 0 aliphatic rings. The highest BCUT2D eigenvalue weighted by molar-refractivity contribution is 7.99. The zero-order chi connectivity index (χ0) is 39.1. The molecule has 0 aromatic heterocycles. The second-order valence-electron chi connectivity index (χ2n) is 15.5. The van der Waals surface area contributed by atoms with Crippen LogP contribution in [0.15, 0.2) is 48.6 Å². The van der Waals surface area contributed by atoms with Gasteiger partial charge in [0.25, 0.3) is 7.82 Å². The van der Waals surface area contributed by atoms with Crippen LogP contribution < -0.4 is 10.2 Å². The van der Waals surface area contributed by atoms with Gasteiger partial charge < -0.3 is 23.7 Å². The maximum atomic E-state index is 12.8. The molecular formula is C44H83N2O5PS. The van der Waals surface area contributed by atoms with Crippen LogP contribution in [0.2, 0.25) is 0 Å². The maximum absolute atomic E-state index is 12.8. The molecule has 9 heteroatoms. The Morgan fingerprint density at radius 2 is 1.11 bits per heavy atom. The number of unbranched alkanes of at least 4 members (excludes halogenated alkanes) is 17. The summed E-state index contributed by atoms with van der Waals surface area (Å²) in [5.41, 5.74) is 0. The van der Waals surface area contributed by atoms with Crippen molar-refractivity contribution in [1.29, 1.82) is 0 Å². The highest BCUT2D eigenvalue weighted by atomic mass is 32.2. The van der Waals surface area contributed by atoms with Gasteiger partial charge in [0.1, 0.15) is 13.2 Å². The van der Waals surface area contributed by atoms with Crippen molar-refractivity contribution < 1.29 is 27.8 Å². The number of likely N-dealkylation sites (N-methyl/N-ethyl adjacent to an activating group) is 1. The number of rotatable bonds is 39. The van der Waals surface area contributed by atoms with Crippen molar-refractivity contribution in [2.75, 3.05) is 52.4 Å². The van der Waals surface area contributed by atoms with E-state index in [-0.39, 0.29) is 25.2 Å². The predicted octanol–water partition coefficient (Wildman–Crippen LogP) is 12.0. The van der Waals surface area contributed by atoms with Gasteiger partial charge in [-0.25, -0.2) is 0 Å². The van der Waals surface area contributed by atoms with Crippen LogP contribution in [0, 0.1) is 0 Å². The number of nitrogens with one attached hydrogen (secondary N) is 1. The number of quaternary nitrogens is 1. The maximum Gasteiger partial charge on any atom is 0.268 e. The molecule has 0 rings (SSSR count). The van der Waals surface area contributed by atoms with E-state index in [1.165, 1.54) is 109 Å². The highest BCUT2D eigenvalue weighted by Gasteiger charge is 2.18. The largest absolute Gasteiger partial charge is 0.756 e. The van der Waals surface area contributed by atoms with Crippen LogP contribution in [-0.4, -0.2) is 68.8 Å². The molecule has 0 aromatic rings. The summed E-state index contributed by atoms with van der Waals surface area (Å²) in [6.45, 7) is 5.00. The van der Waals surface area contributed by atoms with Crippen molar-refractivity contribution in [1.82, 2.24) is 5.32 Å². The molecule has 0 aliphatic heterocycles. The molecule has 2 atom stereocenters. The van der Waals surface area contributed by atoms with Gasteiger partial charge in [0.2, 0.25) is 5.91 Å². The van der Waals surface area contributed by atoms with Crippen molar-refractivity contribution in [2.24, 2.45) is 0 Å². The van der Waals surface area contributed by atoms with Crippen LogP contribution in [0.25, 0.3) is 0 Å². The van der Waals surface area contributed by atoms with E-state index in [0.717, 1.165) is 44.3 Å². The van der Waals surface area contributed by atoms with Gasteiger partial charge in [-0.15, -0.1) is 0 Å². The molecule has 0 heterocycles. The number of carbonyl (C=O) groups is 1. The van der Waals surface area contributed by atoms with Gasteiger partial charge in [0.05, 0.1) is 33.8 Å². The summed E-state index contributed by atoms with van der Waals surface area (Å²) in [6, 6.07) is -0.389. The van der Waals surface area contributed by atoms with Crippen LogP contribution in [-0.2, 0) is 18.4 Å². The number of phosphoric ester groups is 1. The van der Waals surface area contributed by atoms with Gasteiger partial charge in [-0.05, 0) is 57.1 Å². The molecule has 0 aromatic carbocycles. The minimum atomic E-state index is -4.45. The Labute approximate surface area is 332 Å². The molecule has 0 saturated heterocycles. The molecule has 0 bridgehead atoms. The van der Waals surface area contributed by atoms with E-state index in [0.29, 0.717) is 23.2 Å². The van der Waals surface area contributed by atoms with E-state index in [4.69, 9.17) is 9.05 Å². The topological polar surface area (TPSA) is 87.7 Å². The smallest absolute Gasteiger partial charge is 0.268 e. The zero-order valence-corrected chi connectivity index (χ0v) is 36.8. The molecule has 1 unspecified atom stereocenters. The first-order chi connectivity index (χ1) is 25.6. The van der Waals surface area contributed by atoms with Crippen molar-refractivity contribution in [3.63, 3.8) is 0 Å². The zero-order valence-electron chi connectivity index (χ0n) is 35.0. The molecule has 53 heavy (non-hydrogen) atoms. The molecule has 310 valence electrons. The number of hydrogen-bond acceptors (Lipinski definition) is 6. The molecule has 1 N–H and O–H groups in total. The number of allylic oxidation sites excluding steroid dienone is 8. The van der Waals surface area contributed by atoms with Crippen molar-refractivity contribution in [3.8, 4) is 0 Å². The number of carbonyl (C=O) groups excluding carboxylic acids is 1. The number of amides is 1. The monoisotopic (exact) mass is 783 g/mol. The number of thioether (sulfide) groups is 1. The molecule has 0 spiro atoms. The van der Waals surface area contributed by atoms with E-state index in [2.05, 4.69) is 67.8 Å². The third-order valence-corrected chi connectivity index (χ3v) is 11.2. The Hall–Kier alpha value is -1.15. The Morgan fingerprint density at radius 3 is 1.62 bits per heavy atom. The lowest BCUT2D eigenvalue weighted by Crippen LogP contribution is -2.40. The summed E-state index contributed by atoms with van der Waals surface area (Å²) in [6.07, 6.45) is 46.2. The Kier molecular flexibility index (Phi) is 36.9. The third kappa shape index (κ3) is 41.8. The SMILES string of the molecule is CCCCC/C=C\C/C=C\C/C=C\C/C=C\CCCC(=O)N[C@@H](COP(=O)([O-])OCC[N+](C)(C)C)CSCCCCCCCCCCCCCCCC. The van der Waals surface area contributed by atoms with E-state index >= 15 is 0 Å². The van der Waals surface area contributed by atoms with Crippen molar-refractivity contribution in [3.05, 3.63) is 48.6 Å². The Bertz CT molecular complexity index is 995.